The molecular weight excluding hydrogens is 216 g/mol. The molecule has 0 saturated heterocycles. The molecule has 17 heavy (non-hydrogen) atoms. The molecule has 0 aliphatic heterocycles. The van der Waals surface area contributed by atoms with E-state index in [0.717, 1.165) is 30.6 Å². The predicted octanol–water partition coefficient (Wildman–Crippen LogP) is 1.08. The van der Waals surface area contributed by atoms with E-state index in [9.17, 15) is 0 Å². The molecule has 6 heteroatoms. The lowest BCUT2D eigenvalue weighted by atomic mass is 10.2. The van der Waals surface area contributed by atoms with E-state index < -0.39 is 0 Å². The Hall–Kier alpha value is -1.85. The number of hydrogen-bond donors (Lipinski definition) is 1. The average Bonchev–Trinajstić information content (AvgIpc) is 2.91. The van der Waals surface area contributed by atoms with E-state index in [1.54, 1.807) is 0 Å². The van der Waals surface area contributed by atoms with Crippen LogP contribution in [0.5, 0.6) is 0 Å². The quantitative estimate of drug-likeness (QED) is 0.840. The van der Waals surface area contributed by atoms with Crippen molar-refractivity contribution in [2.24, 2.45) is 0 Å². The van der Waals surface area contributed by atoms with Crippen LogP contribution >= 0.6 is 0 Å². The van der Waals surface area contributed by atoms with Crippen molar-refractivity contribution in [2.45, 2.75) is 39.8 Å². The Balaban J connectivity index is 2.17. The highest BCUT2D eigenvalue weighted by Crippen LogP contribution is 2.12. The van der Waals surface area contributed by atoms with E-state index in [-0.39, 0.29) is 0 Å². The predicted molar refractivity (Wildman–Crippen MR) is 65.4 cm³/mol. The monoisotopic (exact) mass is 234 g/mol. The zero-order valence-corrected chi connectivity index (χ0v) is 10.3. The van der Waals surface area contributed by atoms with Crippen LogP contribution in [0.3, 0.4) is 0 Å². The first-order valence-corrected chi connectivity index (χ1v) is 5.93. The summed E-state index contributed by atoms with van der Waals surface area (Å²) in [5.41, 5.74) is 7.93. The van der Waals surface area contributed by atoms with Gasteiger partial charge < -0.3 is 5.73 Å². The lowest BCUT2D eigenvalue weighted by molar-refractivity contribution is 0.611. The van der Waals surface area contributed by atoms with Crippen molar-refractivity contribution >= 4 is 5.82 Å². The summed E-state index contributed by atoms with van der Waals surface area (Å²) in [6, 6.07) is 0. The number of rotatable bonds is 5. The highest BCUT2D eigenvalue weighted by Gasteiger charge is 2.10. The second-order valence-corrected chi connectivity index (χ2v) is 4.03. The van der Waals surface area contributed by atoms with Crippen LogP contribution in [0, 0.1) is 0 Å². The number of aryl methyl sites for hydroxylation is 1. The van der Waals surface area contributed by atoms with Gasteiger partial charge in [-0.3, -0.25) is 4.68 Å². The Morgan fingerprint density at radius 1 is 1.35 bits per heavy atom. The van der Waals surface area contributed by atoms with Gasteiger partial charge in [0, 0.05) is 18.3 Å². The molecule has 2 N–H and O–H groups in total. The topological polar surface area (TPSA) is 74.6 Å². The molecule has 0 aromatic carbocycles. The van der Waals surface area contributed by atoms with Crippen molar-refractivity contribution in [2.75, 3.05) is 5.73 Å². The van der Waals surface area contributed by atoms with Crippen LogP contribution in [0.25, 0.3) is 0 Å². The Labute approximate surface area is 100 Å². The first-order chi connectivity index (χ1) is 8.24. The van der Waals surface area contributed by atoms with Gasteiger partial charge in [-0.25, -0.2) is 4.68 Å². The van der Waals surface area contributed by atoms with Gasteiger partial charge in [-0.1, -0.05) is 18.6 Å². The minimum Gasteiger partial charge on any atom is -0.381 e. The van der Waals surface area contributed by atoms with Gasteiger partial charge in [0.1, 0.15) is 0 Å². The summed E-state index contributed by atoms with van der Waals surface area (Å²) >= 11 is 0. The van der Waals surface area contributed by atoms with Crippen LogP contribution < -0.4 is 5.73 Å². The summed E-state index contributed by atoms with van der Waals surface area (Å²) in [6.07, 6.45) is 5.82. The molecule has 0 bridgehead atoms. The highest BCUT2D eigenvalue weighted by molar-refractivity contribution is 5.33. The fourth-order valence-corrected chi connectivity index (χ4v) is 1.80. The van der Waals surface area contributed by atoms with Gasteiger partial charge in [0.2, 0.25) is 0 Å². The van der Waals surface area contributed by atoms with Crippen molar-refractivity contribution < 1.29 is 0 Å². The molecular formula is C11H18N6. The van der Waals surface area contributed by atoms with Gasteiger partial charge >= 0.3 is 0 Å². The molecule has 2 heterocycles. The number of nitrogen functional groups attached to an aromatic ring is 1. The maximum atomic E-state index is 5.80. The molecule has 0 aliphatic rings. The van der Waals surface area contributed by atoms with Crippen molar-refractivity contribution in [1.82, 2.24) is 24.8 Å². The molecule has 0 aliphatic carbocycles. The van der Waals surface area contributed by atoms with Crippen LogP contribution in [0.2, 0.25) is 0 Å². The molecule has 0 atom stereocenters. The van der Waals surface area contributed by atoms with Crippen LogP contribution in [-0.2, 0) is 19.5 Å². The molecule has 92 valence electrons. The number of nitrogens with two attached hydrogens (primary N) is 1. The molecule has 0 amide bonds. The molecule has 0 fully saturated rings. The third kappa shape index (κ3) is 2.46. The fraction of sp³-hybridized carbons (Fsp3) is 0.545. The number of hydrogen-bond acceptors (Lipinski definition) is 4. The van der Waals surface area contributed by atoms with Crippen LogP contribution in [0.15, 0.2) is 12.4 Å². The Bertz CT molecular complexity index is 484. The maximum Gasteiger partial charge on any atom is 0.169 e. The zero-order valence-electron chi connectivity index (χ0n) is 10.3. The zero-order chi connectivity index (χ0) is 12.3. The van der Waals surface area contributed by atoms with E-state index in [4.69, 9.17) is 5.73 Å². The van der Waals surface area contributed by atoms with Crippen molar-refractivity contribution in [3.63, 3.8) is 0 Å². The molecule has 0 unspecified atom stereocenters. The fourth-order valence-electron chi connectivity index (χ4n) is 1.80. The largest absolute Gasteiger partial charge is 0.381 e. The summed E-state index contributed by atoms with van der Waals surface area (Å²) in [7, 11) is 0. The van der Waals surface area contributed by atoms with Gasteiger partial charge in [0.05, 0.1) is 18.4 Å². The van der Waals surface area contributed by atoms with E-state index in [0.29, 0.717) is 12.4 Å². The Morgan fingerprint density at radius 2 is 2.18 bits per heavy atom. The molecule has 0 saturated carbocycles. The number of nitrogens with zero attached hydrogens (tertiary/aromatic N) is 5. The molecule has 6 nitrogen and oxygen atoms in total. The summed E-state index contributed by atoms with van der Waals surface area (Å²) in [4.78, 5) is 0. The van der Waals surface area contributed by atoms with E-state index in [2.05, 4.69) is 29.3 Å². The van der Waals surface area contributed by atoms with Gasteiger partial charge in [-0.2, -0.15) is 5.10 Å². The van der Waals surface area contributed by atoms with Crippen LogP contribution in [0.4, 0.5) is 5.82 Å². The molecule has 0 spiro atoms. The van der Waals surface area contributed by atoms with Crippen molar-refractivity contribution in [1.29, 1.82) is 0 Å². The molecule has 2 aromatic heterocycles. The van der Waals surface area contributed by atoms with Gasteiger partial charge in [-0.15, -0.1) is 5.10 Å². The first-order valence-electron chi connectivity index (χ1n) is 5.93. The lowest BCUT2D eigenvalue weighted by Gasteiger charge is -2.03. The summed E-state index contributed by atoms with van der Waals surface area (Å²) in [5.74, 6) is 0.537. The smallest absolute Gasteiger partial charge is 0.169 e. The second-order valence-electron chi connectivity index (χ2n) is 4.03. The van der Waals surface area contributed by atoms with Gasteiger partial charge in [0.25, 0.3) is 0 Å². The van der Waals surface area contributed by atoms with Crippen molar-refractivity contribution in [3.8, 4) is 0 Å². The summed E-state index contributed by atoms with van der Waals surface area (Å²) < 4.78 is 3.75. The van der Waals surface area contributed by atoms with Crippen molar-refractivity contribution in [3.05, 3.63) is 23.7 Å². The normalized spacial score (nSPS) is 10.9. The number of aromatic nitrogens is 5. The SMILES string of the molecule is CCCc1c(N)nnn1Cc1cnn(CC)c1. The van der Waals surface area contributed by atoms with E-state index in [1.807, 2.05) is 21.8 Å². The minimum atomic E-state index is 0.537. The second kappa shape index (κ2) is 4.99. The lowest BCUT2D eigenvalue weighted by Crippen LogP contribution is -2.07. The Kier molecular flexibility index (Phi) is 3.41. The summed E-state index contributed by atoms with van der Waals surface area (Å²) in [6.45, 7) is 5.74. The van der Waals surface area contributed by atoms with Crippen LogP contribution in [0.1, 0.15) is 31.5 Å². The molecule has 0 radical (unpaired) electrons. The third-order valence-electron chi connectivity index (χ3n) is 2.70. The Morgan fingerprint density at radius 3 is 2.82 bits per heavy atom. The maximum absolute atomic E-state index is 5.80. The number of anilines is 1. The molecule has 2 rings (SSSR count). The minimum absolute atomic E-state index is 0.537. The van der Waals surface area contributed by atoms with Gasteiger partial charge in [0.15, 0.2) is 5.82 Å². The highest BCUT2D eigenvalue weighted by atomic mass is 15.4. The summed E-state index contributed by atoms with van der Waals surface area (Å²) in [5, 5.41) is 12.2. The van der Waals surface area contributed by atoms with E-state index in [1.165, 1.54) is 0 Å². The molecule has 2 aromatic rings. The van der Waals surface area contributed by atoms with E-state index >= 15 is 0 Å². The third-order valence-corrected chi connectivity index (χ3v) is 2.70. The standard InChI is InChI=1S/C11H18N6/c1-3-5-10-11(12)14-15-17(10)8-9-6-13-16(4-2)7-9/h6-7H,3-5,8,12H2,1-2H3. The van der Waals surface area contributed by atoms with Crippen LogP contribution in [-0.4, -0.2) is 24.8 Å². The van der Waals surface area contributed by atoms with Gasteiger partial charge in [-0.05, 0) is 13.3 Å². The first kappa shape index (κ1) is 11.6. The average molecular weight is 234 g/mol.